The quantitative estimate of drug-likeness (QED) is 0.739. The second-order valence-electron chi connectivity index (χ2n) is 5.31. The molecule has 94 valence electrons. The van der Waals surface area contributed by atoms with Crippen LogP contribution in [0.2, 0.25) is 5.15 Å². The van der Waals surface area contributed by atoms with Crippen LogP contribution in [0, 0.1) is 12.8 Å². The molecule has 0 spiro atoms. The number of piperidine rings is 1. The molecule has 2 aromatic heterocycles. The Kier molecular flexibility index (Phi) is 2.09. The van der Waals surface area contributed by atoms with Gasteiger partial charge in [0.2, 0.25) is 0 Å². The molecule has 0 N–H and O–H groups in total. The van der Waals surface area contributed by atoms with E-state index in [9.17, 15) is 0 Å². The third kappa shape index (κ3) is 1.31. The minimum Gasteiger partial charge on any atom is -0.353 e. The van der Waals surface area contributed by atoms with Crippen LogP contribution in [0.5, 0.6) is 0 Å². The van der Waals surface area contributed by atoms with Crippen molar-refractivity contribution in [3.05, 3.63) is 17.0 Å². The Bertz CT molecular complexity index is 622. The molecule has 1 aliphatic carbocycles. The fourth-order valence-electron chi connectivity index (χ4n) is 3.41. The lowest BCUT2D eigenvalue weighted by Crippen LogP contribution is -2.34. The Hall–Kier alpha value is -1.36. The van der Waals surface area contributed by atoms with Crippen LogP contribution in [0.4, 0.5) is 5.82 Å². The fourth-order valence-corrected chi connectivity index (χ4v) is 3.57. The smallest absolute Gasteiger partial charge is 0.255 e. The minimum atomic E-state index is 0.535. The normalized spacial score (nSPS) is 26.4. The van der Waals surface area contributed by atoms with E-state index in [0.717, 1.165) is 23.8 Å². The highest BCUT2D eigenvalue weighted by molar-refractivity contribution is 6.30. The number of rotatable bonds is 1. The van der Waals surface area contributed by atoms with Gasteiger partial charge in [0.15, 0.2) is 0 Å². The number of nitrogens with zero attached hydrogens (tertiary/aromatic N) is 5. The lowest BCUT2D eigenvalue weighted by atomic mass is 10.1. The van der Waals surface area contributed by atoms with E-state index in [2.05, 4.69) is 20.0 Å². The zero-order chi connectivity index (χ0) is 12.3. The lowest BCUT2D eigenvalue weighted by molar-refractivity contribution is 0.546. The predicted molar refractivity (Wildman–Crippen MR) is 69.0 cm³/mol. The molecule has 0 amide bonds. The molecule has 3 heterocycles. The van der Waals surface area contributed by atoms with E-state index in [0.29, 0.717) is 17.0 Å². The summed E-state index contributed by atoms with van der Waals surface area (Å²) in [5.41, 5.74) is 1.00. The van der Waals surface area contributed by atoms with Crippen LogP contribution in [-0.2, 0) is 0 Å². The molecule has 2 aromatic rings. The highest BCUT2D eigenvalue weighted by Crippen LogP contribution is 2.41. The van der Waals surface area contributed by atoms with Gasteiger partial charge in [-0.3, -0.25) is 0 Å². The van der Waals surface area contributed by atoms with E-state index in [4.69, 9.17) is 11.6 Å². The molecule has 2 bridgehead atoms. The monoisotopic (exact) mass is 263 g/mol. The first-order valence-electron chi connectivity index (χ1n) is 6.36. The third-order valence-corrected chi connectivity index (χ3v) is 4.62. The van der Waals surface area contributed by atoms with Gasteiger partial charge in [0.1, 0.15) is 17.3 Å². The summed E-state index contributed by atoms with van der Waals surface area (Å²) in [6, 6.07) is 0.638. The van der Waals surface area contributed by atoms with E-state index in [1.54, 1.807) is 0 Å². The zero-order valence-corrected chi connectivity index (χ0v) is 10.9. The number of fused-ring (bicyclic) bond motifs is 3. The summed E-state index contributed by atoms with van der Waals surface area (Å²) in [6.07, 6.45) is 5.48. The Balaban J connectivity index is 1.93. The fraction of sp³-hybridized carbons (Fsp3) is 0.583. The average Bonchev–Trinajstić information content (AvgIpc) is 3.05. The highest BCUT2D eigenvalue weighted by Gasteiger charge is 2.39. The van der Waals surface area contributed by atoms with Crippen LogP contribution >= 0.6 is 11.6 Å². The molecule has 2 atom stereocenters. The van der Waals surface area contributed by atoms with Crippen molar-refractivity contribution in [3.8, 4) is 0 Å². The first-order chi connectivity index (χ1) is 8.74. The summed E-state index contributed by atoms with van der Waals surface area (Å²) >= 11 is 6.21. The van der Waals surface area contributed by atoms with E-state index >= 15 is 0 Å². The van der Waals surface area contributed by atoms with Gasteiger partial charge in [0.05, 0.1) is 0 Å². The maximum Gasteiger partial charge on any atom is 0.255 e. The van der Waals surface area contributed by atoms with Crippen LogP contribution in [0.3, 0.4) is 0 Å². The molecular weight excluding hydrogens is 250 g/mol. The maximum absolute atomic E-state index is 6.21. The van der Waals surface area contributed by atoms with Gasteiger partial charge in [0.25, 0.3) is 5.78 Å². The first kappa shape index (κ1) is 10.6. The molecule has 5 nitrogen and oxygen atoms in total. The van der Waals surface area contributed by atoms with Crippen molar-refractivity contribution in [1.29, 1.82) is 0 Å². The van der Waals surface area contributed by atoms with Gasteiger partial charge in [0, 0.05) is 18.2 Å². The molecule has 1 saturated heterocycles. The molecule has 6 heteroatoms. The van der Waals surface area contributed by atoms with Gasteiger partial charge in [-0.15, -0.1) is 0 Å². The summed E-state index contributed by atoms with van der Waals surface area (Å²) in [5.74, 6) is 2.50. The van der Waals surface area contributed by atoms with Crippen LogP contribution in [0.25, 0.3) is 5.78 Å². The summed E-state index contributed by atoms with van der Waals surface area (Å²) in [4.78, 5) is 10.8. The molecule has 2 fully saturated rings. The molecular formula is C12H14ClN5. The van der Waals surface area contributed by atoms with Crippen molar-refractivity contribution >= 4 is 23.2 Å². The van der Waals surface area contributed by atoms with Gasteiger partial charge in [-0.05, 0) is 32.1 Å². The molecule has 4 rings (SSSR count). The number of hydrogen-bond acceptors (Lipinski definition) is 4. The number of aromatic nitrogens is 4. The van der Waals surface area contributed by atoms with Gasteiger partial charge < -0.3 is 4.90 Å². The van der Waals surface area contributed by atoms with Gasteiger partial charge in [-0.1, -0.05) is 11.6 Å². The molecule has 2 unspecified atom stereocenters. The Morgan fingerprint density at radius 1 is 1.39 bits per heavy atom. The second-order valence-corrected chi connectivity index (χ2v) is 5.67. The second kappa shape index (κ2) is 3.57. The number of halogens is 1. The average molecular weight is 264 g/mol. The van der Waals surface area contributed by atoms with Crippen LogP contribution < -0.4 is 4.90 Å². The Morgan fingerprint density at radius 2 is 2.28 bits per heavy atom. The van der Waals surface area contributed by atoms with E-state index < -0.39 is 0 Å². The Labute approximate surface area is 110 Å². The van der Waals surface area contributed by atoms with E-state index in [-0.39, 0.29) is 0 Å². The lowest BCUT2D eigenvalue weighted by Gasteiger charge is -2.30. The summed E-state index contributed by atoms with van der Waals surface area (Å²) < 4.78 is 1.82. The van der Waals surface area contributed by atoms with Crippen molar-refractivity contribution in [2.24, 2.45) is 5.92 Å². The molecule has 2 aliphatic rings. The Morgan fingerprint density at radius 3 is 3.00 bits per heavy atom. The first-order valence-corrected chi connectivity index (χ1v) is 6.74. The van der Waals surface area contributed by atoms with Crippen molar-refractivity contribution < 1.29 is 0 Å². The molecule has 1 aliphatic heterocycles. The van der Waals surface area contributed by atoms with Crippen molar-refractivity contribution in [2.75, 3.05) is 11.4 Å². The van der Waals surface area contributed by atoms with E-state index in [1.807, 2.05) is 11.4 Å². The summed E-state index contributed by atoms with van der Waals surface area (Å²) in [6.45, 7) is 3.12. The van der Waals surface area contributed by atoms with Crippen LogP contribution in [-0.4, -0.2) is 32.2 Å². The van der Waals surface area contributed by atoms with Gasteiger partial charge in [-0.25, -0.2) is 0 Å². The van der Waals surface area contributed by atoms with Gasteiger partial charge in [-0.2, -0.15) is 19.6 Å². The topological polar surface area (TPSA) is 46.3 Å². The minimum absolute atomic E-state index is 0.535. The van der Waals surface area contributed by atoms with Crippen molar-refractivity contribution in [1.82, 2.24) is 19.6 Å². The summed E-state index contributed by atoms with van der Waals surface area (Å²) in [5, 5.41) is 4.83. The maximum atomic E-state index is 6.21. The standard InChI is InChI=1S/C12H14ClN5/c1-7-10(13)16-12-14-6-15-18(12)11(7)17-5-8-2-3-9(17)4-8/h6,8-9H,2-5H2,1H3. The molecule has 0 aromatic carbocycles. The van der Waals surface area contributed by atoms with Crippen LogP contribution in [0.1, 0.15) is 24.8 Å². The predicted octanol–water partition coefficient (Wildman–Crippen LogP) is 2.07. The third-order valence-electron chi connectivity index (χ3n) is 4.25. The number of hydrogen-bond donors (Lipinski definition) is 0. The highest BCUT2D eigenvalue weighted by atomic mass is 35.5. The molecule has 18 heavy (non-hydrogen) atoms. The van der Waals surface area contributed by atoms with E-state index in [1.165, 1.54) is 25.6 Å². The van der Waals surface area contributed by atoms with Crippen LogP contribution in [0.15, 0.2) is 6.33 Å². The SMILES string of the molecule is Cc1c(Cl)nc2ncnn2c1N1CC2CCC1C2. The zero-order valence-electron chi connectivity index (χ0n) is 10.2. The number of anilines is 1. The molecule has 0 radical (unpaired) electrons. The largest absolute Gasteiger partial charge is 0.353 e. The molecule has 1 saturated carbocycles. The van der Waals surface area contributed by atoms with Gasteiger partial charge >= 0.3 is 0 Å². The summed E-state index contributed by atoms with van der Waals surface area (Å²) in [7, 11) is 0. The van der Waals surface area contributed by atoms with Crippen molar-refractivity contribution in [2.45, 2.75) is 32.2 Å². The van der Waals surface area contributed by atoms with Crippen molar-refractivity contribution in [3.63, 3.8) is 0 Å².